The van der Waals surface area contributed by atoms with Crippen molar-refractivity contribution >= 4 is 27.5 Å². The van der Waals surface area contributed by atoms with Crippen LogP contribution in [0.5, 0.6) is 5.75 Å². The summed E-state index contributed by atoms with van der Waals surface area (Å²) in [5, 5.41) is 10.4. The van der Waals surface area contributed by atoms with E-state index in [1.807, 2.05) is 6.92 Å². The molecule has 5 heteroatoms. The summed E-state index contributed by atoms with van der Waals surface area (Å²) in [5.41, 5.74) is 0.937. The van der Waals surface area contributed by atoms with E-state index in [9.17, 15) is 9.90 Å². The zero-order chi connectivity index (χ0) is 11.0. The number of carbonyl (C=O) groups excluding carboxylic acids is 1. The van der Waals surface area contributed by atoms with Gasteiger partial charge in [0.1, 0.15) is 4.83 Å². The normalized spacial score (nSPS) is 10.5. The summed E-state index contributed by atoms with van der Waals surface area (Å²) >= 11 is 1.13. The summed E-state index contributed by atoms with van der Waals surface area (Å²) in [6.07, 6.45) is 1.69. The first-order valence-corrected chi connectivity index (χ1v) is 5.11. The first-order chi connectivity index (χ1) is 7.13. The molecule has 0 unspecified atom stereocenters. The van der Waals surface area contributed by atoms with Crippen molar-refractivity contribution in [2.45, 2.75) is 6.92 Å². The van der Waals surface area contributed by atoms with Gasteiger partial charge in [-0.2, -0.15) is 0 Å². The molecule has 2 aromatic heterocycles. The summed E-state index contributed by atoms with van der Waals surface area (Å²) in [4.78, 5) is 16.3. The Labute approximate surface area is 90.1 Å². The Bertz CT molecular complexity index is 533. The lowest BCUT2D eigenvalue weighted by Gasteiger charge is -1.95. The van der Waals surface area contributed by atoms with Crippen LogP contribution in [-0.4, -0.2) is 23.2 Å². The van der Waals surface area contributed by atoms with Gasteiger partial charge in [0.05, 0.1) is 12.5 Å². The smallest absolute Gasteiger partial charge is 0.351 e. The number of aromatic nitrogens is 1. The molecule has 0 amide bonds. The van der Waals surface area contributed by atoms with Crippen LogP contribution >= 0.6 is 11.3 Å². The van der Waals surface area contributed by atoms with E-state index >= 15 is 0 Å². The average molecular weight is 223 g/mol. The standard InChI is InChI=1S/C10H9NO3S/c1-5-3-6-7(12)8(10(13)14-2)15-9(6)11-4-5/h3-4,12H,1-2H3. The Kier molecular flexibility index (Phi) is 2.32. The molecule has 0 saturated heterocycles. The molecule has 0 radical (unpaired) electrons. The van der Waals surface area contributed by atoms with Gasteiger partial charge in [0.25, 0.3) is 0 Å². The fourth-order valence-electron chi connectivity index (χ4n) is 1.31. The van der Waals surface area contributed by atoms with Crippen LogP contribution in [0, 0.1) is 6.92 Å². The summed E-state index contributed by atoms with van der Waals surface area (Å²) in [6, 6.07) is 1.79. The first kappa shape index (κ1) is 9.92. The van der Waals surface area contributed by atoms with E-state index in [0.717, 1.165) is 16.9 Å². The van der Waals surface area contributed by atoms with Crippen LogP contribution in [0.1, 0.15) is 15.2 Å². The summed E-state index contributed by atoms with van der Waals surface area (Å²) in [5.74, 6) is -0.578. The molecular weight excluding hydrogens is 214 g/mol. The lowest BCUT2D eigenvalue weighted by atomic mass is 10.2. The number of carbonyl (C=O) groups is 1. The number of rotatable bonds is 1. The minimum Gasteiger partial charge on any atom is -0.505 e. The molecule has 0 saturated carbocycles. The molecule has 0 atom stereocenters. The zero-order valence-corrected chi connectivity index (χ0v) is 9.09. The second-order valence-corrected chi connectivity index (χ2v) is 4.14. The lowest BCUT2D eigenvalue weighted by molar-refractivity contribution is 0.0603. The van der Waals surface area contributed by atoms with Crippen molar-refractivity contribution in [1.29, 1.82) is 0 Å². The summed E-state index contributed by atoms with van der Waals surface area (Å²) in [6.45, 7) is 1.88. The third-order valence-corrected chi connectivity index (χ3v) is 3.11. The quantitative estimate of drug-likeness (QED) is 0.752. The van der Waals surface area contributed by atoms with Crippen molar-refractivity contribution in [2.24, 2.45) is 0 Å². The maximum Gasteiger partial charge on any atom is 0.351 e. The van der Waals surface area contributed by atoms with E-state index in [-0.39, 0.29) is 10.6 Å². The highest BCUT2D eigenvalue weighted by atomic mass is 32.1. The van der Waals surface area contributed by atoms with Gasteiger partial charge in [-0.05, 0) is 18.6 Å². The van der Waals surface area contributed by atoms with Crippen molar-refractivity contribution in [1.82, 2.24) is 4.98 Å². The van der Waals surface area contributed by atoms with Crippen LogP contribution in [0.4, 0.5) is 0 Å². The molecule has 2 aromatic rings. The fourth-order valence-corrected chi connectivity index (χ4v) is 2.24. The van der Waals surface area contributed by atoms with Crippen molar-refractivity contribution in [3.05, 3.63) is 22.7 Å². The van der Waals surface area contributed by atoms with Gasteiger partial charge in [0, 0.05) is 6.20 Å². The molecule has 0 aliphatic rings. The Hall–Kier alpha value is -1.62. The zero-order valence-electron chi connectivity index (χ0n) is 8.27. The van der Waals surface area contributed by atoms with Gasteiger partial charge in [-0.1, -0.05) is 0 Å². The van der Waals surface area contributed by atoms with Gasteiger partial charge in [0.2, 0.25) is 0 Å². The largest absolute Gasteiger partial charge is 0.505 e. The van der Waals surface area contributed by atoms with Crippen molar-refractivity contribution in [2.75, 3.05) is 7.11 Å². The number of thiophene rings is 1. The Balaban J connectivity index is 2.69. The van der Waals surface area contributed by atoms with E-state index in [0.29, 0.717) is 10.2 Å². The van der Waals surface area contributed by atoms with Crippen molar-refractivity contribution < 1.29 is 14.6 Å². The second-order valence-electron chi connectivity index (χ2n) is 3.14. The molecular formula is C10H9NO3S. The number of aryl methyl sites for hydroxylation is 1. The molecule has 0 spiro atoms. The van der Waals surface area contributed by atoms with Gasteiger partial charge in [-0.25, -0.2) is 9.78 Å². The van der Waals surface area contributed by atoms with Crippen LogP contribution in [-0.2, 0) is 4.74 Å². The fraction of sp³-hybridized carbons (Fsp3) is 0.200. The van der Waals surface area contributed by atoms with E-state index in [1.165, 1.54) is 7.11 Å². The molecule has 2 rings (SSSR count). The second kappa shape index (κ2) is 3.51. The molecule has 0 fully saturated rings. The first-order valence-electron chi connectivity index (χ1n) is 4.30. The monoisotopic (exact) mass is 223 g/mol. The molecule has 0 aliphatic carbocycles. The number of hydrogen-bond donors (Lipinski definition) is 1. The van der Waals surface area contributed by atoms with Gasteiger partial charge >= 0.3 is 5.97 Å². The number of nitrogens with zero attached hydrogens (tertiary/aromatic N) is 1. The highest BCUT2D eigenvalue weighted by molar-refractivity contribution is 7.20. The number of fused-ring (bicyclic) bond motifs is 1. The van der Waals surface area contributed by atoms with E-state index in [4.69, 9.17) is 0 Å². The number of ether oxygens (including phenoxy) is 1. The van der Waals surface area contributed by atoms with Crippen LogP contribution in [0.25, 0.3) is 10.2 Å². The number of methoxy groups -OCH3 is 1. The molecule has 0 aromatic carbocycles. The molecule has 78 valence electrons. The minimum absolute atomic E-state index is 0.0435. The molecule has 0 bridgehead atoms. The van der Waals surface area contributed by atoms with Crippen LogP contribution < -0.4 is 0 Å². The van der Waals surface area contributed by atoms with Crippen LogP contribution in [0.2, 0.25) is 0 Å². The maximum absolute atomic E-state index is 11.3. The van der Waals surface area contributed by atoms with Crippen molar-refractivity contribution in [3.8, 4) is 5.75 Å². The van der Waals surface area contributed by atoms with Gasteiger partial charge < -0.3 is 9.84 Å². The molecule has 4 nitrogen and oxygen atoms in total. The molecule has 0 aliphatic heterocycles. The Morgan fingerprint density at radius 2 is 2.33 bits per heavy atom. The van der Waals surface area contributed by atoms with Gasteiger partial charge in [0.15, 0.2) is 10.6 Å². The highest BCUT2D eigenvalue weighted by Gasteiger charge is 2.18. The van der Waals surface area contributed by atoms with Crippen LogP contribution in [0.15, 0.2) is 12.3 Å². The molecule has 1 N–H and O–H groups in total. The third-order valence-electron chi connectivity index (χ3n) is 2.03. The summed E-state index contributed by atoms with van der Waals surface area (Å²) in [7, 11) is 1.28. The van der Waals surface area contributed by atoms with E-state index in [1.54, 1.807) is 12.3 Å². The van der Waals surface area contributed by atoms with Gasteiger partial charge in [-0.3, -0.25) is 0 Å². The van der Waals surface area contributed by atoms with E-state index < -0.39 is 5.97 Å². The number of esters is 1. The SMILES string of the molecule is COC(=O)c1sc2ncc(C)cc2c1O. The predicted molar refractivity (Wildman–Crippen MR) is 57.4 cm³/mol. The predicted octanol–water partition coefficient (Wildman–Crippen LogP) is 2.10. The number of pyridine rings is 1. The average Bonchev–Trinajstić information content (AvgIpc) is 2.55. The number of hydrogen-bond acceptors (Lipinski definition) is 5. The lowest BCUT2D eigenvalue weighted by Crippen LogP contribution is -1.97. The van der Waals surface area contributed by atoms with E-state index in [2.05, 4.69) is 9.72 Å². The molecule has 2 heterocycles. The molecule has 15 heavy (non-hydrogen) atoms. The van der Waals surface area contributed by atoms with Crippen LogP contribution in [0.3, 0.4) is 0 Å². The van der Waals surface area contributed by atoms with Gasteiger partial charge in [-0.15, -0.1) is 11.3 Å². The maximum atomic E-state index is 11.3. The Morgan fingerprint density at radius 3 is 3.00 bits per heavy atom. The number of aromatic hydroxyl groups is 1. The van der Waals surface area contributed by atoms with Crippen molar-refractivity contribution in [3.63, 3.8) is 0 Å². The Morgan fingerprint density at radius 1 is 1.60 bits per heavy atom. The summed E-state index contributed by atoms with van der Waals surface area (Å²) < 4.78 is 4.56. The third kappa shape index (κ3) is 1.55. The minimum atomic E-state index is -0.534. The topological polar surface area (TPSA) is 59.4 Å². The highest BCUT2D eigenvalue weighted by Crippen LogP contribution is 2.36.